The van der Waals surface area contributed by atoms with E-state index in [1.165, 1.54) is 19.3 Å². The second kappa shape index (κ2) is 5.82. The molecule has 3 heteroatoms. The highest BCUT2D eigenvalue weighted by Crippen LogP contribution is 2.42. The predicted molar refractivity (Wildman–Crippen MR) is 77.2 cm³/mol. The molecule has 0 aromatic rings. The molecular formula is C16H29NO2. The van der Waals surface area contributed by atoms with E-state index in [0.717, 1.165) is 32.2 Å². The van der Waals surface area contributed by atoms with Crippen molar-refractivity contribution in [2.75, 3.05) is 6.54 Å². The monoisotopic (exact) mass is 267 g/mol. The van der Waals surface area contributed by atoms with E-state index in [1.54, 1.807) is 0 Å². The van der Waals surface area contributed by atoms with Crippen LogP contribution < -0.4 is 0 Å². The van der Waals surface area contributed by atoms with E-state index in [-0.39, 0.29) is 0 Å². The van der Waals surface area contributed by atoms with Crippen molar-refractivity contribution in [3.05, 3.63) is 0 Å². The zero-order chi connectivity index (χ0) is 14.0. The Labute approximate surface area is 117 Å². The SMILES string of the molecule is CCCC1(C(=O)O)CCCN1C1C(C)CCCC1C. The molecule has 1 saturated carbocycles. The fraction of sp³-hybridized carbons (Fsp3) is 0.938. The van der Waals surface area contributed by atoms with E-state index in [0.29, 0.717) is 17.9 Å². The third-order valence-electron chi connectivity index (χ3n) is 5.45. The average Bonchev–Trinajstić information content (AvgIpc) is 2.75. The van der Waals surface area contributed by atoms with Crippen LogP contribution in [0.1, 0.15) is 65.7 Å². The molecule has 3 nitrogen and oxygen atoms in total. The predicted octanol–water partition coefficient (Wildman–Crippen LogP) is 3.53. The van der Waals surface area contributed by atoms with Crippen LogP contribution >= 0.6 is 0 Å². The molecule has 1 aliphatic carbocycles. The maximum atomic E-state index is 11.9. The molecule has 1 aliphatic heterocycles. The first-order chi connectivity index (χ1) is 9.03. The molecule has 0 amide bonds. The number of carboxylic acids is 1. The lowest BCUT2D eigenvalue weighted by Crippen LogP contribution is -2.58. The number of carboxylic acid groups (broad SMARTS) is 1. The van der Waals surface area contributed by atoms with Crippen molar-refractivity contribution in [3.8, 4) is 0 Å². The van der Waals surface area contributed by atoms with Gasteiger partial charge in [-0.05, 0) is 50.5 Å². The molecule has 2 fully saturated rings. The molecule has 2 aliphatic rings. The van der Waals surface area contributed by atoms with Crippen LogP contribution in [0.3, 0.4) is 0 Å². The summed E-state index contributed by atoms with van der Waals surface area (Å²) in [6.07, 6.45) is 7.46. The van der Waals surface area contributed by atoms with Crippen molar-refractivity contribution in [1.29, 1.82) is 0 Å². The van der Waals surface area contributed by atoms with Crippen LogP contribution in [0.4, 0.5) is 0 Å². The first kappa shape index (κ1) is 14.8. The molecule has 2 rings (SSSR count). The van der Waals surface area contributed by atoms with Crippen molar-refractivity contribution in [3.63, 3.8) is 0 Å². The zero-order valence-corrected chi connectivity index (χ0v) is 12.7. The fourth-order valence-corrected chi connectivity index (χ4v) is 4.63. The summed E-state index contributed by atoms with van der Waals surface area (Å²) in [6.45, 7) is 7.72. The van der Waals surface area contributed by atoms with Crippen LogP contribution in [-0.2, 0) is 4.79 Å². The van der Waals surface area contributed by atoms with Gasteiger partial charge in [0.2, 0.25) is 0 Å². The van der Waals surface area contributed by atoms with E-state index < -0.39 is 11.5 Å². The zero-order valence-electron chi connectivity index (χ0n) is 12.7. The molecule has 0 radical (unpaired) electrons. The maximum Gasteiger partial charge on any atom is 0.324 e. The van der Waals surface area contributed by atoms with E-state index in [2.05, 4.69) is 25.7 Å². The summed E-state index contributed by atoms with van der Waals surface area (Å²) >= 11 is 0. The van der Waals surface area contributed by atoms with E-state index in [4.69, 9.17) is 0 Å². The quantitative estimate of drug-likeness (QED) is 0.847. The van der Waals surface area contributed by atoms with E-state index in [9.17, 15) is 9.90 Å². The lowest BCUT2D eigenvalue weighted by atomic mass is 9.76. The van der Waals surface area contributed by atoms with Crippen LogP contribution in [-0.4, -0.2) is 34.1 Å². The Bertz CT molecular complexity index is 321. The van der Waals surface area contributed by atoms with E-state index in [1.807, 2.05) is 0 Å². The Morgan fingerprint density at radius 1 is 1.26 bits per heavy atom. The van der Waals surface area contributed by atoms with Gasteiger partial charge in [-0.2, -0.15) is 0 Å². The first-order valence-electron chi connectivity index (χ1n) is 8.03. The standard InChI is InChI=1S/C16H29NO2/c1-4-9-16(15(18)19)10-6-11-17(16)14-12(2)7-5-8-13(14)3/h12-14H,4-11H2,1-3H3,(H,18,19). The van der Waals surface area contributed by atoms with Gasteiger partial charge in [0.05, 0.1) is 0 Å². The van der Waals surface area contributed by atoms with Crippen molar-refractivity contribution >= 4 is 5.97 Å². The van der Waals surface area contributed by atoms with Crippen molar-refractivity contribution in [2.45, 2.75) is 77.3 Å². The van der Waals surface area contributed by atoms with Gasteiger partial charge in [0.15, 0.2) is 0 Å². The summed E-state index contributed by atoms with van der Waals surface area (Å²) in [7, 11) is 0. The smallest absolute Gasteiger partial charge is 0.324 e. The molecule has 0 aromatic carbocycles. The molecule has 3 atom stereocenters. The number of rotatable bonds is 4. The minimum absolute atomic E-state index is 0.471. The van der Waals surface area contributed by atoms with Gasteiger partial charge in [0, 0.05) is 6.04 Å². The third kappa shape index (κ3) is 2.54. The average molecular weight is 267 g/mol. The molecular weight excluding hydrogens is 238 g/mol. The van der Waals surface area contributed by atoms with Crippen molar-refractivity contribution in [2.24, 2.45) is 11.8 Å². The summed E-state index contributed by atoms with van der Waals surface area (Å²) in [5.74, 6) is 0.687. The number of hydrogen-bond acceptors (Lipinski definition) is 2. The minimum atomic E-state index is -0.586. The largest absolute Gasteiger partial charge is 0.480 e. The van der Waals surface area contributed by atoms with E-state index >= 15 is 0 Å². The highest BCUT2D eigenvalue weighted by atomic mass is 16.4. The molecule has 1 N–H and O–H groups in total. The van der Waals surface area contributed by atoms with Gasteiger partial charge in [-0.1, -0.05) is 33.6 Å². The molecule has 3 unspecified atom stereocenters. The molecule has 0 aromatic heterocycles. The summed E-state index contributed by atoms with van der Waals surface area (Å²) < 4.78 is 0. The van der Waals surface area contributed by atoms with Crippen LogP contribution in [0.5, 0.6) is 0 Å². The summed E-state index contributed by atoms with van der Waals surface area (Å²) in [5, 5.41) is 9.83. The van der Waals surface area contributed by atoms with Gasteiger partial charge in [-0.25, -0.2) is 0 Å². The molecule has 0 bridgehead atoms. The maximum absolute atomic E-state index is 11.9. The lowest BCUT2D eigenvalue weighted by molar-refractivity contribution is -0.154. The van der Waals surface area contributed by atoms with Gasteiger partial charge in [0.1, 0.15) is 5.54 Å². The number of nitrogens with zero attached hydrogens (tertiary/aromatic N) is 1. The molecule has 19 heavy (non-hydrogen) atoms. The fourth-order valence-electron chi connectivity index (χ4n) is 4.63. The highest BCUT2D eigenvalue weighted by molar-refractivity contribution is 5.79. The molecule has 110 valence electrons. The second-order valence-electron chi connectivity index (χ2n) is 6.76. The Kier molecular flexibility index (Phi) is 4.54. The number of aliphatic carboxylic acids is 1. The van der Waals surface area contributed by atoms with Gasteiger partial charge < -0.3 is 5.11 Å². The van der Waals surface area contributed by atoms with Gasteiger partial charge in [0.25, 0.3) is 0 Å². The Morgan fingerprint density at radius 3 is 2.42 bits per heavy atom. The van der Waals surface area contributed by atoms with Crippen molar-refractivity contribution in [1.82, 2.24) is 4.90 Å². The Morgan fingerprint density at radius 2 is 1.89 bits per heavy atom. The number of likely N-dealkylation sites (tertiary alicyclic amines) is 1. The number of carbonyl (C=O) groups is 1. The Balaban J connectivity index is 2.27. The first-order valence-corrected chi connectivity index (χ1v) is 8.03. The van der Waals surface area contributed by atoms with Crippen LogP contribution in [0, 0.1) is 11.8 Å². The summed E-state index contributed by atoms with van der Waals surface area (Å²) in [4.78, 5) is 14.3. The second-order valence-corrected chi connectivity index (χ2v) is 6.76. The van der Waals surface area contributed by atoms with Crippen LogP contribution in [0.2, 0.25) is 0 Å². The normalized spacial score (nSPS) is 40.5. The summed E-state index contributed by atoms with van der Waals surface area (Å²) in [6, 6.07) is 0.471. The molecule has 1 saturated heterocycles. The van der Waals surface area contributed by atoms with Gasteiger partial charge >= 0.3 is 5.97 Å². The van der Waals surface area contributed by atoms with Crippen LogP contribution in [0.25, 0.3) is 0 Å². The Hall–Kier alpha value is -0.570. The van der Waals surface area contributed by atoms with Crippen LogP contribution in [0.15, 0.2) is 0 Å². The van der Waals surface area contributed by atoms with Crippen molar-refractivity contribution < 1.29 is 9.90 Å². The summed E-state index contributed by atoms with van der Waals surface area (Å²) in [5.41, 5.74) is -0.570. The topological polar surface area (TPSA) is 40.5 Å². The third-order valence-corrected chi connectivity index (χ3v) is 5.45. The van der Waals surface area contributed by atoms with Gasteiger partial charge in [-0.3, -0.25) is 9.69 Å². The lowest BCUT2D eigenvalue weighted by Gasteiger charge is -2.47. The molecule has 1 heterocycles. The van der Waals surface area contributed by atoms with Gasteiger partial charge in [-0.15, -0.1) is 0 Å². The molecule has 0 spiro atoms. The highest BCUT2D eigenvalue weighted by Gasteiger charge is 2.51. The number of hydrogen-bond donors (Lipinski definition) is 1. The minimum Gasteiger partial charge on any atom is -0.480 e.